The van der Waals surface area contributed by atoms with Gasteiger partial charge in [0.25, 0.3) is 0 Å². The van der Waals surface area contributed by atoms with Gasteiger partial charge in [0.1, 0.15) is 5.75 Å². The molecule has 1 aromatic heterocycles. The Hall–Kier alpha value is -2.46. The number of hydrogen-bond acceptors (Lipinski definition) is 6. The van der Waals surface area contributed by atoms with E-state index < -0.39 is 15.9 Å². The van der Waals surface area contributed by atoms with E-state index in [1.807, 2.05) is 36.6 Å². The number of thiazole rings is 1. The van der Waals surface area contributed by atoms with E-state index in [9.17, 15) is 13.2 Å². The lowest BCUT2D eigenvalue weighted by molar-refractivity contribution is -0.120. The standard InChI is InChI=1S/C23H24ClN3O4S2/c1-15-25-21(14-32-15)16-5-3-7-18(11-16)26-23(28)17-6-4-10-27(13-17)33(29,30)19-8-9-22(31-2)20(24)12-19/h3,5,7-9,11-12,14,17H,4,6,10,13H2,1-2H3,(H,26,28)/t17-/m0/s1. The lowest BCUT2D eigenvalue weighted by Gasteiger charge is -2.31. The highest BCUT2D eigenvalue weighted by atomic mass is 35.5. The number of nitrogens with one attached hydrogen (secondary N) is 1. The predicted octanol–water partition coefficient (Wildman–Crippen LogP) is 4.82. The fourth-order valence-corrected chi connectivity index (χ4v) is 6.32. The van der Waals surface area contributed by atoms with E-state index in [1.165, 1.54) is 29.6 Å². The molecule has 3 aromatic rings. The van der Waals surface area contributed by atoms with Gasteiger partial charge in [0.05, 0.1) is 33.6 Å². The van der Waals surface area contributed by atoms with E-state index in [-0.39, 0.29) is 22.4 Å². The molecule has 174 valence electrons. The number of amides is 1. The zero-order chi connectivity index (χ0) is 23.6. The number of aromatic nitrogens is 1. The number of methoxy groups -OCH3 is 1. The maximum atomic E-state index is 13.2. The summed E-state index contributed by atoms with van der Waals surface area (Å²) in [6.07, 6.45) is 1.21. The van der Waals surface area contributed by atoms with E-state index >= 15 is 0 Å². The number of anilines is 1. The van der Waals surface area contributed by atoms with Crippen LogP contribution >= 0.6 is 22.9 Å². The molecule has 1 saturated heterocycles. The summed E-state index contributed by atoms with van der Waals surface area (Å²) in [7, 11) is -2.31. The highest BCUT2D eigenvalue weighted by molar-refractivity contribution is 7.89. The second kappa shape index (κ2) is 9.80. The molecular formula is C23H24ClN3O4S2. The molecule has 1 amide bonds. The first kappa shape index (κ1) is 23.7. The van der Waals surface area contributed by atoms with Crippen LogP contribution in [0, 0.1) is 12.8 Å². The number of rotatable bonds is 6. The molecule has 2 heterocycles. The molecule has 4 rings (SSSR count). The van der Waals surface area contributed by atoms with Crippen molar-refractivity contribution < 1.29 is 17.9 Å². The minimum absolute atomic E-state index is 0.0839. The van der Waals surface area contributed by atoms with Crippen molar-refractivity contribution in [3.8, 4) is 17.0 Å². The first-order valence-corrected chi connectivity index (χ1v) is 13.1. The third kappa shape index (κ3) is 5.22. The van der Waals surface area contributed by atoms with Gasteiger partial charge in [0.15, 0.2) is 0 Å². The number of carbonyl (C=O) groups excluding carboxylic acids is 1. The summed E-state index contributed by atoms with van der Waals surface area (Å²) < 4.78 is 32.8. The van der Waals surface area contributed by atoms with Gasteiger partial charge in [-0.05, 0) is 50.1 Å². The first-order chi connectivity index (χ1) is 15.8. The molecule has 1 N–H and O–H groups in total. The summed E-state index contributed by atoms with van der Waals surface area (Å²) in [5.74, 6) is -0.247. The van der Waals surface area contributed by atoms with Crippen LogP contribution in [0.5, 0.6) is 5.75 Å². The van der Waals surface area contributed by atoms with Crippen molar-refractivity contribution in [3.63, 3.8) is 0 Å². The van der Waals surface area contributed by atoms with Crippen molar-refractivity contribution in [2.45, 2.75) is 24.7 Å². The van der Waals surface area contributed by atoms with Crippen LogP contribution < -0.4 is 10.1 Å². The second-order valence-corrected chi connectivity index (χ2v) is 11.2. The Morgan fingerprint density at radius 3 is 2.79 bits per heavy atom. The second-order valence-electron chi connectivity index (χ2n) is 7.82. The highest BCUT2D eigenvalue weighted by Crippen LogP contribution is 2.31. The number of hydrogen-bond donors (Lipinski definition) is 1. The van der Waals surface area contributed by atoms with E-state index in [4.69, 9.17) is 16.3 Å². The Morgan fingerprint density at radius 2 is 2.09 bits per heavy atom. The summed E-state index contributed by atoms with van der Waals surface area (Å²) in [5, 5.41) is 6.12. The van der Waals surface area contributed by atoms with Crippen molar-refractivity contribution in [2.24, 2.45) is 5.92 Å². The molecule has 0 saturated carbocycles. The molecule has 1 fully saturated rings. The molecule has 0 radical (unpaired) electrons. The number of ether oxygens (including phenoxy) is 1. The van der Waals surface area contributed by atoms with Gasteiger partial charge in [0.2, 0.25) is 15.9 Å². The smallest absolute Gasteiger partial charge is 0.243 e. The maximum Gasteiger partial charge on any atom is 0.243 e. The Morgan fingerprint density at radius 1 is 1.27 bits per heavy atom. The molecule has 0 spiro atoms. The summed E-state index contributed by atoms with van der Waals surface area (Å²) >= 11 is 7.70. The summed E-state index contributed by atoms with van der Waals surface area (Å²) in [6.45, 7) is 2.42. The third-order valence-corrected chi connectivity index (χ3v) is 8.49. The zero-order valence-corrected chi connectivity index (χ0v) is 20.6. The SMILES string of the molecule is COc1ccc(S(=O)(=O)N2CCC[C@H](C(=O)Nc3cccc(-c4csc(C)n4)c3)C2)cc1Cl. The zero-order valence-electron chi connectivity index (χ0n) is 18.2. The minimum atomic E-state index is -3.78. The van der Waals surface area contributed by atoms with Crippen LogP contribution in [0.15, 0.2) is 52.7 Å². The van der Waals surface area contributed by atoms with Crippen LogP contribution in [0.25, 0.3) is 11.3 Å². The van der Waals surface area contributed by atoms with Crippen LogP contribution in [-0.2, 0) is 14.8 Å². The van der Waals surface area contributed by atoms with E-state index in [0.717, 1.165) is 16.3 Å². The molecule has 1 atom stereocenters. The van der Waals surface area contributed by atoms with Crippen LogP contribution in [0.3, 0.4) is 0 Å². The number of halogens is 1. The van der Waals surface area contributed by atoms with Crippen molar-refractivity contribution in [1.29, 1.82) is 0 Å². The van der Waals surface area contributed by atoms with Gasteiger partial charge < -0.3 is 10.1 Å². The topological polar surface area (TPSA) is 88.6 Å². The average Bonchev–Trinajstić information content (AvgIpc) is 3.25. The van der Waals surface area contributed by atoms with E-state index in [2.05, 4.69) is 10.3 Å². The summed E-state index contributed by atoms with van der Waals surface area (Å²) in [4.78, 5) is 17.6. The fourth-order valence-electron chi connectivity index (χ4n) is 3.83. The normalized spacial score (nSPS) is 17.0. The number of piperidine rings is 1. The van der Waals surface area contributed by atoms with Crippen LogP contribution in [-0.4, -0.2) is 43.8 Å². The Bertz CT molecular complexity index is 1280. The van der Waals surface area contributed by atoms with Crippen LogP contribution in [0.1, 0.15) is 17.8 Å². The molecule has 10 heteroatoms. The van der Waals surface area contributed by atoms with E-state index in [0.29, 0.717) is 30.8 Å². The summed E-state index contributed by atoms with van der Waals surface area (Å²) in [6, 6.07) is 11.9. The lowest BCUT2D eigenvalue weighted by atomic mass is 9.98. The number of benzene rings is 2. The molecule has 7 nitrogen and oxygen atoms in total. The number of aryl methyl sites for hydroxylation is 1. The molecule has 33 heavy (non-hydrogen) atoms. The molecule has 0 aliphatic carbocycles. The third-order valence-electron chi connectivity index (χ3n) is 5.56. The van der Waals surface area contributed by atoms with Crippen molar-refractivity contribution in [3.05, 3.63) is 57.9 Å². The molecular weight excluding hydrogens is 482 g/mol. The molecule has 1 aliphatic rings. The van der Waals surface area contributed by atoms with Gasteiger partial charge >= 0.3 is 0 Å². The Kier molecular flexibility index (Phi) is 7.04. The van der Waals surface area contributed by atoms with Crippen molar-refractivity contribution in [2.75, 3.05) is 25.5 Å². The molecule has 2 aromatic carbocycles. The average molecular weight is 506 g/mol. The lowest BCUT2D eigenvalue weighted by Crippen LogP contribution is -2.43. The highest BCUT2D eigenvalue weighted by Gasteiger charge is 2.33. The van der Waals surface area contributed by atoms with Gasteiger partial charge in [-0.1, -0.05) is 23.7 Å². The maximum absolute atomic E-state index is 13.2. The fraction of sp³-hybridized carbons (Fsp3) is 0.304. The monoisotopic (exact) mass is 505 g/mol. The van der Waals surface area contributed by atoms with Gasteiger partial charge in [-0.15, -0.1) is 11.3 Å². The first-order valence-electron chi connectivity index (χ1n) is 10.4. The van der Waals surface area contributed by atoms with Crippen molar-refractivity contribution >= 4 is 44.6 Å². The van der Waals surface area contributed by atoms with Crippen molar-refractivity contribution in [1.82, 2.24) is 9.29 Å². The largest absolute Gasteiger partial charge is 0.495 e. The molecule has 0 bridgehead atoms. The predicted molar refractivity (Wildman–Crippen MR) is 130 cm³/mol. The number of nitrogens with zero attached hydrogens (tertiary/aromatic N) is 2. The minimum Gasteiger partial charge on any atom is -0.495 e. The van der Waals surface area contributed by atoms with Crippen LogP contribution in [0.4, 0.5) is 5.69 Å². The Labute approximate surface area is 202 Å². The summed E-state index contributed by atoms with van der Waals surface area (Å²) in [5.41, 5.74) is 2.44. The van der Waals surface area contributed by atoms with Crippen LogP contribution in [0.2, 0.25) is 5.02 Å². The van der Waals surface area contributed by atoms with Gasteiger partial charge in [-0.2, -0.15) is 4.31 Å². The molecule has 0 unspecified atom stereocenters. The molecule has 1 aliphatic heterocycles. The quantitative estimate of drug-likeness (QED) is 0.519. The van der Waals surface area contributed by atoms with Gasteiger partial charge in [-0.25, -0.2) is 13.4 Å². The number of carbonyl (C=O) groups is 1. The van der Waals surface area contributed by atoms with E-state index in [1.54, 1.807) is 11.3 Å². The van der Waals surface area contributed by atoms with Gasteiger partial charge in [-0.3, -0.25) is 4.79 Å². The Balaban J connectivity index is 1.47. The number of sulfonamides is 1. The van der Waals surface area contributed by atoms with Gasteiger partial charge in [0, 0.05) is 29.7 Å².